The molecule has 0 saturated heterocycles. The molecule has 0 aromatic rings. The van der Waals surface area contributed by atoms with Gasteiger partial charge in [0.15, 0.2) is 0 Å². The Labute approximate surface area is 110 Å². The van der Waals surface area contributed by atoms with Gasteiger partial charge in [0.1, 0.15) is 0 Å². The highest BCUT2D eigenvalue weighted by Gasteiger charge is 2.40. The van der Waals surface area contributed by atoms with E-state index in [0.29, 0.717) is 11.3 Å². The summed E-state index contributed by atoms with van der Waals surface area (Å²) in [5.41, 5.74) is 9.26. The fraction of sp³-hybridized carbons (Fsp3) is 1.00. The molecule has 5 heteroatoms. The molecule has 0 amide bonds. The molecule has 2 aliphatic rings. The van der Waals surface area contributed by atoms with E-state index in [9.17, 15) is 4.57 Å². The lowest BCUT2D eigenvalue weighted by Crippen LogP contribution is -2.24. The Morgan fingerprint density at radius 2 is 1.39 bits per heavy atom. The SMILES string of the molecule is [N-]=[N+]=NCP(=O)(C1CCCCC1)C1CCCCC1. The van der Waals surface area contributed by atoms with Gasteiger partial charge in [0.05, 0.1) is 13.4 Å². The molecule has 0 atom stereocenters. The average Bonchev–Trinajstić information content (AvgIpc) is 2.46. The van der Waals surface area contributed by atoms with Gasteiger partial charge in [-0.3, -0.25) is 0 Å². The normalized spacial score (nSPS) is 23.6. The number of rotatable bonds is 4. The zero-order valence-corrected chi connectivity index (χ0v) is 12.0. The van der Waals surface area contributed by atoms with E-state index >= 15 is 0 Å². The van der Waals surface area contributed by atoms with E-state index in [-0.39, 0.29) is 6.29 Å². The van der Waals surface area contributed by atoms with Crippen LogP contribution in [0.25, 0.3) is 10.4 Å². The van der Waals surface area contributed by atoms with Crippen molar-refractivity contribution in [1.29, 1.82) is 0 Å². The predicted octanol–water partition coefficient (Wildman–Crippen LogP) is 5.28. The Kier molecular flexibility index (Phi) is 5.14. The van der Waals surface area contributed by atoms with E-state index in [1.54, 1.807) is 0 Å². The lowest BCUT2D eigenvalue weighted by Gasteiger charge is -2.37. The Morgan fingerprint density at radius 1 is 0.944 bits per heavy atom. The zero-order chi connectivity index (χ0) is 12.8. The summed E-state index contributed by atoms with van der Waals surface area (Å²) in [5, 5.41) is 3.71. The molecule has 4 nitrogen and oxygen atoms in total. The Balaban J connectivity index is 2.14. The van der Waals surface area contributed by atoms with Crippen LogP contribution in [-0.4, -0.2) is 17.6 Å². The van der Waals surface area contributed by atoms with Gasteiger partial charge in [-0.05, 0) is 31.2 Å². The molecule has 0 unspecified atom stereocenters. The molecule has 0 bridgehead atoms. The van der Waals surface area contributed by atoms with Crippen molar-refractivity contribution in [3.8, 4) is 0 Å². The molecule has 2 saturated carbocycles. The first-order valence-corrected chi connectivity index (χ1v) is 9.39. The highest BCUT2D eigenvalue weighted by Crippen LogP contribution is 2.62. The summed E-state index contributed by atoms with van der Waals surface area (Å²) in [6.07, 6.45) is 12.0. The molecule has 0 spiro atoms. The Morgan fingerprint density at radius 3 is 1.78 bits per heavy atom. The molecule has 18 heavy (non-hydrogen) atoms. The van der Waals surface area contributed by atoms with E-state index in [2.05, 4.69) is 10.0 Å². The molecule has 0 N–H and O–H groups in total. The van der Waals surface area contributed by atoms with E-state index in [1.165, 1.54) is 38.5 Å². The van der Waals surface area contributed by atoms with Crippen molar-refractivity contribution in [2.75, 3.05) is 6.29 Å². The summed E-state index contributed by atoms with van der Waals surface area (Å²) in [7, 11) is -2.31. The molecule has 0 radical (unpaired) electrons. The fourth-order valence-corrected chi connectivity index (χ4v) is 7.48. The molecule has 102 valence electrons. The quantitative estimate of drug-likeness (QED) is 0.296. The summed E-state index contributed by atoms with van der Waals surface area (Å²) in [4.78, 5) is 2.86. The van der Waals surface area contributed by atoms with E-state index in [1.807, 2.05) is 0 Å². The van der Waals surface area contributed by atoms with Crippen molar-refractivity contribution < 1.29 is 4.57 Å². The van der Waals surface area contributed by atoms with Crippen LogP contribution in [-0.2, 0) is 4.57 Å². The Bertz CT molecular complexity index is 331. The lowest BCUT2D eigenvalue weighted by molar-refractivity contribution is 0.447. The highest BCUT2D eigenvalue weighted by atomic mass is 31.2. The maximum Gasteiger partial charge on any atom is 0.0993 e. The van der Waals surface area contributed by atoms with Crippen LogP contribution in [0.5, 0.6) is 0 Å². The number of azide groups is 1. The van der Waals surface area contributed by atoms with E-state index in [0.717, 1.165) is 25.7 Å². The van der Waals surface area contributed by atoms with Crippen LogP contribution in [0.15, 0.2) is 5.11 Å². The fourth-order valence-electron chi connectivity index (χ4n) is 3.69. The van der Waals surface area contributed by atoms with Gasteiger partial charge in [0, 0.05) is 16.2 Å². The van der Waals surface area contributed by atoms with E-state index < -0.39 is 7.14 Å². The van der Waals surface area contributed by atoms with Gasteiger partial charge in [0.25, 0.3) is 0 Å². The van der Waals surface area contributed by atoms with Gasteiger partial charge in [0.2, 0.25) is 0 Å². The van der Waals surface area contributed by atoms with Crippen LogP contribution in [0, 0.1) is 0 Å². The first-order chi connectivity index (χ1) is 8.77. The second-order valence-electron chi connectivity index (χ2n) is 5.81. The van der Waals surface area contributed by atoms with Gasteiger partial charge in [-0.1, -0.05) is 43.6 Å². The van der Waals surface area contributed by atoms with Crippen LogP contribution in [0.2, 0.25) is 0 Å². The van der Waals surface area contributed by atoms with Crippen molar-refractivity contribution in [3.05, 3.63) is 10.4 Å². The molecule has 0 aliphatic heterocycles. The van der Waals surface area contributed by atoms with Crippen molar-refractivity contribution in [2.24, 2.45) is 5.11 Å². The van der Waals surface area contributed by atoms with Gasteiger partial charge in [-0.15, -0.1) is 0 Å². The third kappa shape index (κ3) is 3.10. The average molecular weight is 269 g/mol. The highest BCUT2D eigenvalue weighted by molar-refractivity contribution is 7.65. The smallest absolute Gasteiger partial charge is 0.0993 e. The maximum atomic E-state index is 13.4. The Hall–Kier alpha value is -0.460. The standard InChI is InChI=1S/C13H24N3OP/c14-16-15-11-18(17,12-7-3-1-4-8-12)13-9-5-2-6-10-13/h12-13H,1-11H2. The summed E-state index contributed by atoms with van der Waals surface area (Å²) in [6.45, 7) is 0. The van der Waals surface area contributed by atoms with Crippen LogP contribution < -0.4 is 0 Å². The van der Waals surface area contributed by atoms with Crippen LogP contribution in [0.1, 0.15) is 64.2 Å². The number of hydrogen-bond acceptors (Lipinski definition) is 2. The van der Waals surface area contributed by atoms with Crippen molar-refractivity contribution in [2.45, 2.75) is 75.5 Å². The largest absolute Gasteiger partial charge is 0.323 e. The van der Waals surface area contributed by atoms with Crippen molar-refractivity contribution in [3.63, 3.8) is 0 Å². The predicted molar refractivity (Wildman–Crippen MR) is 75.4 cm³/mol. The molecule has 0 aromatic heterocycles. The van der Waals surface area contributed by atoms with Crippen LogP contribution in [0.3, 0.4) is 0 Å². The minimum Gasteiger partial charge on any atom is -0.323 e. The van der Waals surface area contributed by atoms with Gasteiger partial charge in [-0.25, -0.2) is 0 Å². The second-order valence-corrected chi connectivity index (χ2v) is 9.26. The molecular formula is C13H24N3OP. The summed E-state index contributed by atoms with van der Waals surface area (Å²) < 4.78 is 13.4. The van der Waals surface area contributed by atoms with E-state index in [4.69, 9.17) is 5.53 Å². The minimum atomic E-state index is -2.31. The number of nitrogens with zero attached hydrogens (tertiary/aromatic N) is 3. The zero-order valence-electron chi connectivity index (χ0n) is 11.1. The number of hydrogen-bond donors (Lipinski definition) is 0. The van der Waals surface area contributed by atoms with Crippen molar-refractivity contribution in [1.82, 2.24) is 0 Å². The topological polar surface area (TPSA) is 65.8 Å². The minimum absolute atomic E-state index is 0.277. The third-order valence-corrected chi connectivity index (χ3v) is 8.81. The van der Waals surface area contributed by atoms with Gasteiger partial charge < -0.3 is 4.57 Å². The first kappa shape index (κ1) is 14.0. The summed E-state index contributed by atoms with van der Waals surface area (Å²) in [5.74, 6) is 0. The molecule has 2 rings (SSSR count). The van der Waals surface area contributed by atoms with Crippen LogP contribution >= 0.6 is 7.14 Å². The summed E-state index contributed by atoms with van der Waals surface area (Å²) >= 11 is 0. The monoisotopic (exact) mass is 269 g/mol. The van der Waals surface area contributed by atoms with Crippen molar-refractivity contribution >= 4 is 7.14 Å². The molecule has 0 aromatic carbocycles. The molecule has 2 fully saturated rings. The van der Waals surface area contributed by atoms with Gasteiger partial charge in [-0.2, -0.15) is 0 Å². The summed E-state index contributed by atoms with van der Waals surface area (Å²) in [6, 6.07) is 0. The lowest BCUT2D eigenvalue weighted by atomic mass is 9.99. The van der Waals surface area contributed by atoms with Crippen LogP contribution in [0.4, 0.5) is 0 Å². The van der Waals surface area contributed by atoms with Gasteiger partial charge >= 0.3 is 0 Å². The molecule has 0 heterocycles. The molecule has 2 aliphatic carbocycles. The first-order valence-electron chi connectivity index (χ1n) is 7.36. The molecular weight excluding hydrogens is 245 g/mol. The second kappa shape index (κ2) is 6.63. The maximum absolute atomic E-state index is 13.4. The third-order valence-electron chi connectivity index (χ3n) is 4.73.